The smallest absolute Gasteiger partial charge is 0.335 e. The van der Waals surface area contributed by atoms with Crippen LogP contribution in [-0.4, -0.2) is 47.1 Å². The molecule has 0 fully saturated rings. The van der Waals surface area contributed by atoms with Crippen LogP contribution in [0.2, 0.25) is 0 Å². The fraction of sp³-hybridized carbons (Fsp3) is 0.655. The Morgan fingerprint density at radius 3 is 1.76 bits per heavy atom. The summed E-state index contributed by atoms with van der Waals surface area (Å²) < 4.78 is 0. The first-order valence-electron chi connectivity index (χ1n) is 13.9. The molecule has 0 saturated heterocycles. The number of amides is 2. The van der Waals surface area contributed by atoms with Crippen LogP contribution in [0.15, 0.2) is 24.3 Å². The third kappa shape index (κ3) is 17.2. The van der Waals surface area contributed by atoms with E-state index >= 15 is 0 Å². The van der Waals surface area contributed by atoms with Gasteiger partial charge in [0.1, 0.15) is 0 Å². The maximum absolute atomic E-state index is 11.9. The van der Waals surface area contributed by atoms with E-state index < -0.39 is 11.9 Å². The molecule has 0 aliphatic heterocycles. The minimum Gasteiger partial charge on any atom is -0.481 e. The summed E-state index contributed by atoms with van der Waals surface area (Å²) in [6, 6.07) is 7.12. The van der Waals surface area contributed by atoms with Crippen molar-refractivity contribution in [3.8, 4) is 0 Å². The Hall–Kier alpha value is -2.90. The van der Waals surface area contributed by atoms with Crippen LogP contribution >= 0.6 is 0 Å². The molecule has 1 aromatic carbocycles. The molecule has 2 amide bonds. The van der Waals surface area contributed by atoms with Gasteiger partial charge in [0, 0.05) is 25.9 Å². The number of unbranched alkanes of at least 4 members (excludes halogenated alkanes) is 8. The monoisotopic (exact) mass is 518 g/mol. The molecule has 1 atom stereocenters. The van der Waals surface area contributed by atoms with Crippen molar-refractivity contribution >= 4 is 23.8 Å². The highest BCUT2D eigenvalue weighted by molar-refractivity contribution is 5.87. The average Bonchev–Trinajstić information content (AvgIpc) is 2.87. The van der Waals surface area contributed by atoms with Crippen LogP contribution in [0.1, 0.15) is 113 Å². The molecule has 0 aromatic heterocycles. The molecule has 208 valence electrons. The molecule has 0 heterocycles. The number of hydrogen-bond acceptors (Lipinski definition) is 4. The molecule has 0 aliphatic carbocycles. The van der Waals surface area contributed by atoms with Crippen LogP contribution in [0.5, 0.6) is 0 Å². The highest BCUT2D eigenvalue weighted by Crippen LogP contribution is 2.13. The minimum absolute atomic E-state index is 0.0325. The van der Waals surface area contributed by atoms with Crippen LogP contribution in [0.4, 0.5) is 0 Å². The van der Waals surface area contributed by atoms with Gasteiger partial charge in [0.05, 0.1) is 11.5 Å². The molecular weight excluding hydrogens is 472 g/mol. The summed E-state index contributed by atoms with van der Waals surface area (Å²) in [5.41, 5.74) is 1.51. The summed E-state index contributed by atoms with van der Waals surface area (Å²) >= 11 is 0. The lowest BCUT2D eigenvalue weighted by Crippen LogP contribution is -2.27. The predicted molar refractivity (Wildman–Crippen MR) is 145 cm³/mol. The van der Waals surface area contributed by atoms with Gasteiger partial charge < -0.3 is 20.8 Å². The molecule has 0 aliphatic rings. The summed E-state index contributed by atoms with van der Waals surface area (Å²) in [7, 11) is 0. The van der Waals surface area contributed by atoms with Crippen molar-refractivity contribution in [2.24, 2.45) is 5.92 Å². The number of carboxylic acids is 2. The zero-order valence-electron chi connectivity index (χ0n) is 22.4. The quantitative estimate of drug-likeness (QED) is 0.153. The topological polar surface area (TPSA) is 133 Å². The first-order valence-corrected chi connectivity index (χ1v) is 13.9. The van der Waals surface area contributed by atoms with Crippen LogP contribution in [0, 0.1) is 5.92 Å². The van der Waals surface area contributed by atoms with Gasteiger partial charge in [-0.05, 0) is 56.2 Å². The van der Waals surface area contributed by atoms with Gasteiger partial charge in [0.25, 0.3) is 0 Å². The lowest BCUT2D eigenvalue weighted by atomic mass is 10.0. The van der Waals surface area contributed by atoms with Gasteiger partial charge in [-0.1, -0.05) is 64.0 Å². The molecule has 0 radical (unpaired) electrons. The number of aryl methyl sites for hydroxylation is 1. The molecule has 0 saturated carbocycles. The molecule has 0 bridgehead atoms. The van der Waals surface area contributed by atoms with Crippen molar-refractivity contribution in [1.29, 1.82) is 0 Å². The van der Waals surface area contributed by atoms with Gasteiger partial charge in [-0.15, -0.1) is 0 Å². The fourth-order valence-corrected chi connectivity index (χ4v) is 4.07. The van der Waals surface area contributed by atoms with Crippen molar-refractivity contribution in [2.75, 3.05) is 13.1 Å². The van der Waals surface area contributed by atoms with Crippen LogP contribution in [0.25, 0.3) is 0 Å². The van der Waals surface area contributed by atoms with Crippen molar-refractivity contribution in [1.82, 2.24) is 10.6 Å². The summed E-state index contributed by atoms with van der Waals surface area (Å²) in [5, 5.41) is 23.5. The average molecular weight is 519 g/mol. The van der Waals surface area contributed by atoms with E-state index in [1.54, 1.807) is 19.1 Å². The second-order valence-electron chi connectivity index (χ2n) is 9.87. The van der Waals surface area contributed by atoms with E-state index in [0.717, 1.165) is 44.9 Å². The number of benzene rings is 1. The molecule has 8 nitrogen and oxygen atoms in total. The molecule has 1 rings (SSSR count). The molecule has 8 heteroatoms. The SMILES string of the molecule is C[C@@H](CCCCNC(=O)CCCNC(=O)CCCCCCCCCCc1ccc(C(=O)O)cc1)C(=O)O. The van der Waals surface area contributed by atoms with Crippen LogP contribution in [-0.2, 0) is 20.8 Å². The number of hydrogen-bond donors (Lipinski definition) is 4. The Bertz CT molecular complexity index is 809. The predicted octanol–water partition coefficient (Wildman–Crippen LogP) is 5.34. The van der Waals surface area contributed by atoms with Gasteiger partial charge in [-0.25, -0.2) is 4.79 Å². The van der Waals surface area contributed by atoms with Gasteiger partial charge in [-0.2, -0.15) is 0 Å². The highest BCUT2D eigenvalue weighted by atomic mass is 16.4. The van der Waals surface area contributed by atoms with Crippen molar-refractivity contribution in [3.05, 3.63) is 35.4 Å². The van der Waals surface area contributed by atoms with Crippen molar-refractivity contribution in [2.45, 2.75) is 103 Å². The number of rotatable bonds is 22. The highest BCUT2D eigenvalue weighted by Gasteiger charge is 2.10. The van der Waals surface area contributed by atoms with Gasteiger partial charge in [0.2, 0.25) is 11.8 Å². The maximum atomic E-state index is 11.9. The van der Waals surface area contributed by atoms with Crippen molar-refractivity contribution < 1.29 is 29.4 Å². The number of aromatic carboxylic acids is 1. The number of nitrogens with one attached hydrogen (secondary N) is 2. The third-order valence-corrected chi connectivity index (χ3v) is 6.53. The first-order chi connectivity index (χ1) is 17.8. The first kappa shape index (κ1) is 32.1. The Morgan fingerprint density at radius 2 is 1.19 bits per heavy atom. The number of carbonyl (C=O) groups is 4. The van der Waals surface area contributed by atoms with E-state index in [1.165, 1.54) is 31.2 Å². The zero-order valence-corrected chi connectivity index (χ0v) is 22.4. The standard InChI is InChI=1S/C29H46N2O6/c1-23(28(34)35)13-10-11-21-30-27(33)16-12-22-31-26(32)15-9-7-5-3-2-4-6-8-14-24-17-19-25(20-18-24)29(36)37/h17-20,23H,2-16,21-22H2,1H3,(H,30,33)(H,31,32)(H,34,35)(H,36,37)/t23-/m0/s1. The molecule has 1 aromatic rings. The summed E-state index contributed by atoms with van der Waals surface area (Å²) in [6.45, 7) is 2.75. The maximum Gasteiger partial charge on any atom is 0.335 e. The van der Waals surface area contributed by atoms with Crippen molar-refractivity contribution in [3.63, 3.8) is 0 Å². The molecule has 37 heavy (non-hydrogen) atoms. The number of carbonyl (C=O) groups excluding carboxylic acids is 2. The Balaban J connectivity index is 1.87. The van der Waals surface area contributed by atoms with E-state index in [2.05, 4.69) is 10.6 Å². The van der Waals surface area contributed by atoms with E-state index in [1.807, 2.05) is 12.1 Å². The second kappa shape index (κ2) is 20.2. The second-order valence-corrected chi connectivity index (χ2v) is 9.87. The normalized spacial score (nSPS) is 11.6. The zero-order chi connectivity index (χ0) is 27.3. The van der Waals surface area contributed by atoms with Gasteiger partial charge in [0.15, 0.2) is 0 Å². The lowest BCUT2D eigenvalue weighted by molar-refractivity contribution is -0.141. The van der Waals surface area contributed by atoms with Gasteiger partial charge in [-0.3, -0.25) is 14.4 Å². The molecular formula is C29H46N2O6. The van der Waals surface area contributed by atoms with Crippen LogP contribution < -0.4 is 10.6 Å². The van der Waals surface area contributed by atoms with Gasteiger partial charge >= 0.3 is 11.9 Å². The Labute approximate surface area is 221 Å². The Morgan fingerprint density at radius 1 is 0.676 bits per heavy atom. The van der Waals surface area contributed by atoms with E-state index in [9.17, 15) is 19.2 Å². The number of aliphatic carboxylic acids is 1. The number of carboxylic acid groups (broad SMARTS) is 2. The molecule has 0 spiro atoms. The van der Waals surface area contributed by atoms with E-state index in [-0.39, 0.29) is 17.7 Å². The minimum atomic E-state index is -0.889. The lowest BCUT2D eigenvalue weighted by Gasteiger charge is -2.08. The largest absolute Gasteiger partial charge is 0.481 e. The fourth-order valence-electron chi connectivity index (χ4n) is 4.07. The summed E-state index contributed by atoms with van der Waals surface area (Å²) in [6.07, 6.45) is 13.6. The van der Waals surface area contributed by atoms with E-state index in [4.69, 9.17) is 10.2 Å². The summed E-state index contributed by atoms with van der Waals surface area (Å²) in [5.74, 6) is -2.01. The third-order valence-electron chi connectivity index (χ3n) is 6.53. The van der Waals surface area contributed by atoms with Crippen LogP contribution in [0.3, 0.4) is 0 Å². The molecule has 0 unspecified atom stereocenters. The molecule has 4 N–H and O–H groups in total. The summed E-state index contributed by atoms with van der Waals surface area (Å²) in [4.78, 5) is 45.4. The van der Waals surface area contributed by atoms with E-state index in [0.29, 0.717) is 44.3 Å². The Kier molecular flexibility index (Phi) is 17.5.